The Morgan fingerprint density at radius 3 is 2.45 bits per heavy atom. The quantitative estimate of drug-likeness (QED) is 0.593. The van der Waals surface area contributed by atoms with Gasteiger partial charge in [0.2, 0.25) is 0 Å². The van der Waals surface area contributed by atoms with Crippen molar-refractivity contribution in [1.82, 2.24) is 9.88 Å². The first-order valence-electron chi connectivity index (χ1n) is 9.55. The van der Waals surface area contributed by atoms with Gasteiger partial charge in [0, 0.05) is 43.1 Å². The number of hydrogen-bond acceptors (Lipinski definition) is 4. The van der Waals surface area contributed by atoms with Crippen LogP contribution < -0.4 is 5.73 Å². The molecule has 10 heteroatoms. The first kappa shape index (κ1) is 21.2. The summed E-state index contributed by atoms with van der Waals surface area (Å²) in [5.74, 6) is -3.00. The summed E-state index contributed by atoms with van der Waals surface area (Å²) in [5.41, 5.74) is 5.18. The van der Waals surface area contributed by atoms with Gasteiger partial charge in [-0.3, -0.25) is 9.78 Å². The van der Waals surface area contributed by atoms with E-state index in [1.165, 1.54) is 35.4 Å². The van der Waals surface area contributed by atoms with Gasteiger partial charge < -0.3 is 15.1 Å². The van der Waals surface area contributed by atoms with Crippen molar-refractivity contribution in [3.63, 3.8) is 0 Å². The standard InChI is InChI=1S/C21H18F5N3O2/c22-20(23)3-5-29(6-4-20)19(30)12-1-2-17(28-11-12)13-7-16(21(24,25)26)15-9-14(10-27)31-18(15)8-13/h1-2,7-9,11H,3-6,10,27H2. The molecule has 1 amide bonds. The largest absolute Gasteiger partial charge is 0.460 e. The summed E-state index contributed by atoms with van der Waals surface area (Å²) in [6.45, 7) is -0.179. The number of hydrogen-bond donors (Lipinski definition) is 1. The number of carbonyl (C=O) groups is 1. The fourth-order valence-corrected chi connectivity index (χ4v) is 3.59. The summed E-state index contributed by atoms with van der Waals surface area (Å²) in [6, 6.07) is 6.50. The van der Waals surface area contributed by atoms with Gasteiger partial charge in [-0.25, -0.2) is 8.78 Å². The first-order valence-corrected chi connectivity index (χ1v) is 9.55. The van der Waals surface area contributed by atoms with Gasteiger partial charge in [-0.2, -0.15) is 13.2 Å². The lowest BCUT2D eigenvalue weighted by Crippen LogP contribution is -2.42. The van der Waals surface area contributed by atoms with Gasteiger partial charge in [0.15, 0.2) is 0 Å². The zero-order valence-corrected chi connectivity index (χ0v) is 16.2. The minimum atomic E-state index is -4.61. The lowest BCUT2D eigenvalue weighted by Gasteiger charge is -2.31. The number of carbonyl (C=O) groups excluding carboxylic acids is 1. The number of alkyl halides is 5. The minimum Gasteiger partial charge on any atom is -0.460 e. The average molecular weight is 439 g/mol. The number of fused-ring (bicyclic) bond motifs is 1. The molecule has 1 aliphatic rings. The van der Waals surface area contributed by atoms with E-state index in [-0.39, 0.29) is 53.2 Å². The molecule has 0 saturated carbocycles. The Kier molecular flexibility index (Phi) is 5.20. The van der Waals surface area contributed by atoms with E-state index >= 15 is 0 Å². The van der Waals surface area contributed by atoms with Crippen molar-refractivity contribution in [2.24, 2.45) is 5.73 Å². The zero-order chi connectivity index (χ0) is 22.4. The van der Waals surface area contributed by atoms with Crippen LogP contribution in [0.25, 0.3) is 22.2 Å². The molecule has 0 unspecified atom stereocenters. The number of furan rings is 1. The lowest BCUT2D eigenvalue weighted by atomic mass is 10.0. The van der Waals surface area contributed by atoms with Crippen LogP contribution in [0.1, 0.15) is 34.5 Å². The highest BCUT2D eigenvalue weighted by atomic mass is 19.4. The number of amides is 1. The maximum absolute atomic E-state index is 13.6. The number of pyridine rings is 1. The second kappa shape index (κ2) is 7.60. The maximum Gasteiger partial charge on any atom is 0.417 e. The molecular formula is C21H18F5N3O2. The van der Waals surface area contributed by atoms with E-state index in [1.54, 1.807) is 0 Å². The van der Waals surface area contributed by atoms with Crippen molar-refractivity contribution in [3.05, 3.63) is 53.4 Å². The predicted octanol–water partition coefficient (Wildman–Crippen LogP) is 4.84. The Labute approximate surface area is 173 Å². The molecule has 164 valence electrons. The molecule has 0 atom stereocenters. The molecule has 1 aromatic carbocycles. The average Bonchev–Trinajstić information content (AvgIpc) is 3.15. The Morgan fingerprint density at radius 1 is 1.16 bits per heavy atom. The van der Waals surface area contributed by atoms with E-state index in [0.717, 1.165) is 6.07 Å². The van der Waals surface area contributed by atoms with Crippen LogP contribution in [-0.2, 0) is 12.7 Å². The number of nitrogens with zero attached hydrogens (tertiary/aromatic N) is 2. The van der Waals surface area contributed by atoms with E-state index < -0.39 is 36.4 Å². The SMILES string of the molecule is NCc1cc2c(C(F)(F)F)cc(-c3ccc(C(=O)N4CCC(F)(F)CC4)cn3)cc2o1. The van der Waals surface area contributed by atoms with Gasteiger partial charge in [0.1, 0.15) is 11.3 Å². The van der Waals surface area contributed by atoms with Crippen LogP contribution in [0, 0.1) is 0 Å². The molecule has 0 aliphatic carbocycles. The highest BCUT2D eigenvalue weighted by Crippen LogP contribution is 2.39. The number of rotatable bonds is 3. The molecule has 2 aromatic heterocycles. The minimum absolute atomic E-state index is 0.0291. The molecule has 0 radical (unpaired) electrons. The highest BCUT2D eigenvalue weighted by molar-refractivity contribution is 5.94. The van der Waals surface area contributed by atoms with Crippen LogP contribution in [0.3, 0.4) is 0 Å². The number of halogens is 5. The number of aromatic nitrogens is 1. The molecule has 0 bridgehead atoms. The molecule has 3 aromatic rings. The van der Waals surface area contributed by atoms with Gasteiger partial charge in [0.05, 0.1) is 23.4 Å². The molecule has 31 heavy (non-hydrogen) atoms. The van der Waals surface area contributed by atoms with E-state index in [2.05, 4.69) is 4.98 Å². The van der Waals surface area contributed by atoms with Crippen molar-refractivity contribution in [2.45, 2.75) is 31.5 Å². The van der Waals surface area contributed by atoms with Crippen LogP contribution >= 0.6 is 0 Å². The van der Waals surface area contributed by atoms with E-state index in [4.69, 9.17) is 10.2 Å². The van der Waals surface area contributed by atoms with E-state index in [0.29, 0.717) is 0 Å². The third-order valence-electron chi connectivity index (χ3n) is 5.28. The summed E-state index contributed by atoms with van der Waals surface area (Å²) in [5, 5.41) is -0.0922. The van der Waals surface area contributed by atoms with Crippen LogP contribution in [0.5, 0.6) is 0 Å². The molecule has 1 fully saturated rings. The molecule has 2 N–H and O–H groups in total. The normalized spacial score (nSPS) is 16.6. The van der Waals surface area contributed by atoms with Crippen molar-refractivity contribution in [2.75, 3.05) is 13.1 Å². The second-order valence-electron chi connectivity index (χ2n) is 7.43. The van der Waals surface area contributed by atoms with Gasteiger partial charge in [0.25, 0.3) is 11.8 Å². The molecule has 1 saturated heterocycles. The third kappa shape index (κ3) is 4.25. The smallest absolute Gasteiger partial charge is 0.417 e. The molecular weight excluding hydrogens is 421 g/mol. The van der Waals surface area contributed by atoms with Crippen molar-refractivity contribution in [3.8, 4) is 11.3 Å². The number of nitrogens with two attached hydrogens (primary N) is 1. The molecule has 5 nitrogen and oxygen atoms in total. The Balaban J connectivity index is 1.64. The molecule has 0 spiro atoms. The van der Waals surface area contributed by atoms with Crippen molar-refractivity contribution in [1.29, 1.82) is 0 Å². The van der Waals surface area contributed by atoms with Gasteiger partial charge >= 0.3 is 6.18 Å². The predicted molar refractivity (Wildman–Crippen MR) is 102 cm³/mol. The number of likely N-dealkylation sites (tertiary alicyclic amines) is 1. The molecule has 1 aliphatic heterocycles. The summed E-state index contributed by atoms with van der Waals surface area (Å²) >= 11 is 0. The van der Waals surface area contributed by atoms with Gasteiger partial charge in [-0.15, -0.1) is 0 Å². The van der Waals surface area contributed by atoms with Crippen LogP contribution in [0.2, 0.25) is 0 Å². The third-order valence-corrected chi connectivity index (χ3v) is 5.28. The number of benzene rings is 1. The molecule has 3 heterocycles. The fourth-order valence-electron chi connectivity index (χ4n) is 3.59. The monoisotopic (exact) mass is 439 g/mol. The Hall–Kier alpha value is -3.01. The van der Waals surface area contributed by atoms with Crippen molar-refractivity contribution < 1.29 is 31.2 Å². The summed E-state index contributed by atoms with van der Waals surface area (Å²) in [6.07, 6.45) is -4.19. The van der Waals surface area contributed by atoms with Crippen LogP contribution in [-0.4, -0.2) is 34.8 Å². The van der Waals surface area contributed by atoms with Crippen molar-refractivity contribution >= 4 is 16.9 Å². The maximum atomic E-state index is 13.6. The van der Waals surface area contributed by atoms with Crippen LogP contribution in [0.15, 0.2) is 40.9 Å². The topological polar surface area (TPSA) is 72.4 Å². The summed E-state index contributed by atoms with van der Waals surface area (Å²) in [4.78, 5) is 18.0. The molecule has 4 rings (SSSR count). The summed E-state index contributed by atoms with van der Waals surface area (Å²) in [7, 11) is 0. The second-order valence-corrected chi connectivity index (χ2v) is 7.43. The fraction of sp³-hybridized carbons (Fsp3) is 0.333. The Morgan fingerprint density at radius 2 is 1.87 bits per heavy atom. The lowest BCUT2D eigenvalue weighted by molar-refractivity contribution is -0.136. The van der Waals surface area contributed by atoms with E-state index in [1.807, 2.05) is 0 Å². The first-order chi connectivity index (χ1) is 14.6. The zero-order valence-electron chi connectivity index (χ0n) is 16.2. The highest BCUT2D eigenvalue weighted by Gasteiger charge is 2.36. The van der Waals surface area contributed by atoms with Gasteiger partial charge in [-0.05, 0) is 30.3 Å². The van der Waals surface area contributed by atoms with Gasteiger partial charge in [-0.1, -0.05) is 0 Å². The number of piperidine rings is 1. The van der Waals surface area contributed by atoms with E-state index in [9.17, 15) is 26.7 Å². The van der Waals surface area contributed by atoms with Crippen LogP contribution in [0.4, 0.5) is 22.0 Å². The summed E-state index contributed by atoms with van der Waals surface area (Å²) < 4.78 is 72.7. The Bertz CT molecular complexity index is 1110.